The summed E-state index contributed by atoms with van der Waals surface area (Å²) in [6, 6.07) is 6.36. The van der Waals surface area contributed by atoms with Gasteiger partial charge in [0.2, 0.25) is 0 Å². The Morgan fingerprint density at radius 3 is 2.79 bits per heavy atom. The van der Waals surface area contributed by atoms with Gasteiger partial charge >= 0.3 is 0 Å². The van der Waals surface area contributed by atoms with E-state index in [0.29, 0.717) is 5.75 Å². The summed E-state index contributed by atoms with van der Waals surface area (Å²) in [7, 11) is 0. The summed E-state index contributed by atoms with van der Waals surface area (Å²) in [5, 5.41) is 9.77. The number of hydrogen-bond donors (Lipinski definition) is 1. The van der Waals surface area contributed by atoms with Crippen LogP contribution < -0.4 is 4.74 Å². The van der Waals surface area contributed by atoms with Crippen LogP contribution in [0.25, 0.3) is 0 Å². The van der Waals surface area contributed by atoms with Crippen LogP contribution in [0.15, 0.2) is 24.3 Å². The van der Waals surface area contributed by atoms with E-state index in [9.17, 15) is 13.9 Å². The zero-order chi connectivity index (χ0) is 10.2. The highest BCUT2D eigenvalue weighted by Gasteiger charge is 2.43. The molecule has 4 heteroatoms. The van der Waals surface area contributed by atoms with Crippen LogP contribution in [0.5, 0.6) is 5.75 Å². The lowest BCUT2D eigenvalue weighted by Gasteiger charge is -2.33. The van der Waals surface area contributed by atoms with Crippen molar-refractivity contribution in [2.75, 3.05) is 6.61 Å². The Balaban J connectivity index is 2.50. The molecule has 0 aliphatic carbocycles. The summed E-state index contributed by atoms with van der Waals surface area (Å²) >= 11 is 0. The topological polar surface area (TPSA) is 29.5 Å². The molecular formula is C10H10F2O2. The molecule has 0 spiro atoms. The maximum Gasteiger partial charge on any atom is 0.271 e. The number of hydrogen-bond acceptors (Lipinski definition) is 2. The molecule has 1 heterocycles. The van der Waals surface area contributed by atoms with E-state index in [0.717, 1.165) is 0 Å². The molecule has 0 aromatic heterocycles. The molecule has 1 aliphatic rings. The quantitative estimate of drug-likeness (QED) is 0.750. The molecule has 2 nitrogen and oxygen atoms in total. The van der Waals surface area contributed by atoms with Crippen molar-refractivity contribution in [3.63, 3.8) is 0 Å². The summed E-state index contributed by atoms with van der Waals surface area (Å²) in [6.07, 6.45) is -2.85. The van der Waals surface area contributed by atoms with E-state index in [2.05, 4.69) is 0 Å². The largest absolute Gasteiger partial charge is 0.493 e. The van der Waals surface area contributed by atoms with Crippen molar-refractivity contribution in [2.45, 2.75) is 18.4 Å². The van der Waals surface area contributed by atoms with Crippen LogP contribution in [0.4, 0.5) is 8.78 Å². The van der Waals surface area contributed by atoms with Crippen LogP contribution in [-0.4, -0.2) is 18.1 Å². The maximum absolute atomic E-state index is 12.7. The second-order valence-electron chi connectivity index (χ2n) is 3.32. The molecule has 0 radical (unpaired) electrons. The summed E-state index contributed by atoms with van der Waals surface area (Å²) in [5.41, 5.74) is -1.87. The Kier molecular flexibility index (Phi) is 2.15. The van der Waals surface area contributed by atoms with Crippen LogP contribution in [-0.2, 0) is 5.60 Å². The number of alkyl halides is 2. The van der Waals surface area contributed by atoms with Gasteiger partial charge in [-0.05, 0) is 6.07 Å². The van der Waals surface area contributed by atoms with Crippen molar-refractivity contribution in [3.05, 3.63) is 29.8 Å². The summed E-state index contributed by atoms with van der Waals surface area (Å²) in [4.78, 5) is 0. The van der Waals surface area contributed by atoms with Crippen LogP contribution in [0.3, 0.4) is 0 Å². The third kappa shape index (κ3) is 1.26. The van der Waals surface area contributed by atoms with E-state index >= 15 is 0 Å². The molecule has 14 heavy (non-hydrogen) atoms. The molecule has 0 bridgehead atoms. The average Bonchev–Trinajstić information content (AvgIpc) is 2.18. The molecule has 1 unspecified atom stereocenters. The normalized spacial score (nSPS) is 25.7. The van der Waals surface area contributed by atoms with Gasteiger partial charge < -0.3 is 9.84 Å². The molecule has 76 valence electrons. The highest BCUT2D eigenvalue weighted by atomic mass is 19.3. The fourth-order valence-corrected chi connectivity index (χ4v) is 1.63. The van der Waals surface area contributed by atoms with E-state index < -0.39 is 12.0 Å². The number of aliphatic hydroxyl groups is 1. The van der Waals surface area contributed by atoms with Crippen LogP contribution in [0.1, 0.15) is 12.0 Å². The van der Waals surface area contributed by atoms with Gasteiger partial charge in [0.15, 0.2) is 5.60 Å². The third-order valence-corrected chi connectivity index (χ3v) is 2.46. The number of benzene rings is 1. The van der Waals surface area contributed by atoms with Crippen LogP contribution in [0, 0.1) is 0 Å². The summed E-state index contributed by atoms with van der Waals surface area (Å²) in [5.74, 6) is 0.349. The second kappa shape index (κ2) is 3.20. The van der Waals surface area contributed by atoms with E-state index in [1.165, 1.54) is 6.07 Å². The van der Waals surface area contributed by atoms with Gasteiger partial charge in [-0.15, -0.1) is 0 Å². The minimum atomic E-state index is -2.78. The molecule has 2 rings (SSSR count). The Morgan fingerprint density at radius 1 is 1.36 bits per heavy atom. The Morgan fingerprint density at radius 2 is 2.07 bits per heavy atom. The molecule has 1 aromatic rings. The lowest BCUT2D eigenvalue weighted by Crippen LogP contribution is -2.39. The standard InChI is InChI=1S/C10H10F2O2/c11-9(12)10(13)5-6-14-8-4-2-1-3-7(8)10/h1-4,9,13H,5-6H2. The Labute approximate surface area is 80.1 Å². The smallest absolute Gasteiger partial charge is 0.271 e. The third-order valence-electron chi connectivity index (χ3n) is 2.46. The van der Waals surface area contributed by atoms with E-state index in [1.54, 1.807) is 18.2 Å². The first-order chi connectivity index (χ1) is 6.64. The molecule has 0 amide bonds. The van der Waals surface area contributed by atoms with Gasteiger partial charge in [-0.3, -0.25) is 0 Å². The van der Waals surface area contributed by atoms with Crippen LogP contribution in [0.2, 0.25) is 0 Å². The van der Waals surface area contributed by atoms with Gasteiger partial charge in [0.25, 0.3) is 6.43 Å². The van der Waals surface area contributed by atoms with Gasteiger partial charge in [-0.1, -0.05) is 18.2 Å². The second-order valence-corrected chi connectivity index (χ2v) is 3.32. The molecule has 1 N–H and O–H groups in total. The van der Waals surface area contributed by atoms with Gasteiger partial charge in [0, 0.05) is 12.0 Å². The van der Waals surface area contributed by atoms with Crippen molar-refractivity contribution < 1.29 is 18.6 Å². The summed E-state index contributed by atoms with van der Waals surface area (Å²) < 4.78 is 30.5. The van der Waals surface area contributed by atoms with Gasteiger partial charge in [0.1, 0.15) is 5.75 Å². The van der Waals surface area contributed by atoms with Gasteiger partial charge in [-0.2, -0.15) is 0 Å². The average molecular weight is 200 g/mol. The monoisotopic (exact) mass is 200 g/mol. The number of fused-ring (bicyclic) bond motifs is 1. The molecule has 1 aliphatic heterocycles. The van der Waals surface area contributed by atoms with Gasteiger partial charge in [0.05, 0.1) is 6.61 Å². The fraction of sp³-hybridized carbons (Fsp3) is 0.400. The van der Waals surface area contributed by atoms with E-state index in [-0.39, 0.29) is 18.6 Å². The highest BCUT2D eigenvalue weighted by molar-refractivity contribution is 5.39. The van der Waals surface area contributed by atoms with E-state index in [4.69, 9.17) is 4.74 Å². The molecule has 0 fully saturated rings. The number of ether oxygens (including phenoxy) is 1. The van der Waals surface area contributed by atoms with Gasteiger partial charge in [-0.25, -0.2) is 8.78 Å². The molecule has 1 atom stereocenters. The first kappa shape index (κ1) is 9.40. The lowest BCUT2D eigenvalue weighted by molar-refractivity contribution is -0.121. The first-order valence-corrected chi connectivity index (χ1v) is 4.37. The number of para-hydroxylation sites is 1. The van der Waals surface area contributed by atoms with Crippen molar-refractivity contribution in [2.24, 2.45) is 0 Å². The van der Waals surface area contributed by atoms with Crippen molar-refractivity contribution in [1.82, 2.24) is 0 Å². The molecule has 0 saturated carbocycles. The SMILES string of the molecule is OC1(C(F)F)CCOc2ccccc21. The minimum absolute atomic E-state index is 0.0678. The number of halogens is 2. The highest BCUT2D eigenvalue weighted by Crippen LogP contribution is 2.40. The predicted molar refractivity (Wildman–Crippen MR) is 46.5 cm³/mol. The minimum Gasteiger partial charge on any atom is -0.493 e. The zero-order valence-corrected chi connectivity index (χ0v) is 7.41. The predicted octanol–water partition coefficient (Wildman–Crippen LogP) is 1.92. The lowest BCUT2D eigenvalue weighted by atomic mass is 9.88. The Hall–Kier alpha value is -1.16. The molecule has 0 saturated heterocycles. The van der Waals surface area contributed by atoms with Crippen molar-refractivity contribution in [1.29, 1.82) is 0 Å². The molecule has 1 aromatic carbocycles. The number of rotatable bonds is 1. The Bertz CT molecular complexity index is 341. The molecular weight excluding hydrogens is 190 g/mol. The first-order valence-electron chi connectivity index (χ1n) is 4.37. The van der Waals surface area contributed by atoms with Crippen molar-refractivity contribution >= 4 is 0 Å². The van der Waals surface area contributed by atoms with E-state index in [1.807, 2.05) is 0 Å². The van der Waals surface area contributed by atoms with Crippen LogP contribution >= 0.6 is 0 Å². The zero-order valence-electron chi connectivity index (χ0n) is 7.41. The summed E-state index contributed by atoms with van der Waals surface area (Å²) in [6.45, 7) is 0.123. The van der Waals surface area contributed by atoms with Crippen molar-refractivity contribution in [3.8, 4) is 5.75 Å². The maximum atomic E-state index is 12.7. The fourth-order valence-electron chi connectivity index (χ4n) is 1.63.